The largest absolute Gasteiger partial charge is 0.460 e. The monoisotopic (exact) mass is 431 g/mol. The Labute approximate surface area is 176 Å². The maximum absolute atomic E-state index is 14.1. The third-order valence-corrected chi connectivity index (χ3v) is 6.20. The van der Waals surface area contributed by atoms with Crippen LogP contribution >= 0.6 is 0 Å². The van der Waals surface area contributed by atoms with Crippen molar-refractivity contribution in [1.82, 2.24) is 14.8 Å². The van der Waals surface area contributed by atoms with Gasteiger partial charge in [0, 0.05) is 36.0 Å². The van der Waals surface area contributed by atoms with Crippen LogP contribution in [-0.2, 0) is 29.3 Å². The topological polar surface area (TPSA) is 70.2 Å². The van der Waals surface area contributed by atoms with E-state index in [-0.39, 0.29) is 29.0 Å². The summed E-state index contributed by atoms with van der Waals surface area (Å²) in [5, 5.41) is 4.54. The quantitative estimate of drug-likeness (QED) is 0.557. The van der Waals surface area contributed by atoms with Crippen LogP contribution in [0.5, 0.6) is 0 Å². The van der Waals surface area contributed by atoms with E-state index < -0.39 is 23.5 Å². The Morgan fingerprint density at radius 2 is 2.03 bits per heavy atom. The molecular weight excluding hydrogens is 411 g/mol. The molecule has 2 aliphatic carbocycles. The lowest BCUT2D eigenvalue weighted by Crippen LogP contribution is -2.38. The van der Waals surface area contributed by atoms with E-state index in [2.05, 4.69) is 10.1 Å². The predicted molar refractivity (Wildman–Crippen MR) is 103 cm³/mol. The molecule has 0 radical (unpaired) electrons. The van der Waals surface area contributed by atoms with Gasteiger partial charge in [-0.1, -0.05) is 6.42 Å². The standard InChI is InChI=1S/C22H20F3N3O3/c1-2-30-20(29)19-17(22(23,24)25)16-15(31-19)10-21(6-3-7-21)14-12-28(27-18(14)16)11-13-4-8-26-9-5-13/h4-5,8-9,12H,2-3,6-7,10-11H2,1H3. The van der Waals surface area contributed by atoms with Crippen molar-refractivity contribution in [2.45, 2.75) is 50.7 Å². The molecule has 5 rings (SSSR count). The Hall–Kier alpha value is -3.10. The number of aromatic nitrogens is 3. The van der Waals surface area contributed by atoms with Crippen LogP contribution in [0, 0.1) is 0 Å². The fourth-order valence-corrected chi connectivity index (χ4v) is 4.67. The molecule has 0 unspecified atom stereocenters. The Morgan fingerprint density at radius 3 is 2.65 bits per heavy atom. The van der Waals surface area contributed by atoms with Gasteiger partial charge >= 0.3 is 12.1 Å². The average Bonchev–Trinajstić information content (AvgIpc) is 3.28. The molecule has 3 aromatic rings. The lowest BCUT2D eigenvalue weighted by atomic mass is 9.59. The van der Waals surface area contributed by atoms with Gasteiger partial charge in [-0.2, -0.15) is 18.3 Å². The molecule has 0 aromatic carbocycles. The molecule has 1 fully saturated rings. The number of carbonyl (C=O) groups excluding carboxylic acids is 1. The summed E-state index contributed by atoms with van der Waals surface area (Å²) in [6, 6.07) is 3.67. The molecule has 0 N–H and O–H groups in total. The molecule has 3 aromatic heterocycles. The van der Waals surface area contributed by atoms with Crippen LogP contribution in [0.2, 0.25) is 0 Å². The summed E-state index contributed by atoms with van der Waals surface area (Å²) in [5.74, 6) is -1.73. The second-order valence-electron chi connectivity index (χ2n) is 8.08. The van der Waals surface area contributed by atoms with Crippen LogP contribution in [-0.4, -0.2) is 27.3 Å². The second-order valence-corrected chi connectivity index (χ2v) is 8.08. The highest BCUT2D eigenvalue weighted by molar-refractivity contribution is 5.92. The summed E-state index contributed by atoms with van der Waals surface area (Å²) in [4.78, 5) is 16.3. The molecule has 0 saturated heterocycles. The molecule has 0 atom stereocenters. The third kappa shape index (κ3) is 3.14. The van der Waals surface area contributed by atoms with Crippen molar-refractivity contribution in [2.75, 3.05) is 6.61 Å². The minimum Gasteiger partial charge on any atom is -0.460 e. The molecule has 31 heavy (non-hydrogen) atoms. The molecule has 3 heterocycles. The lowest BCUT2D eigenvalue weighted by Gasteiger charge is -2.43. The number of carbonyl (C=O) groups is 1. The van der Waals surface area contributed by atoms with Crippen molar-refractivity contribution >= 4 is 5.97 Å². The number of furan rings is 1. The van der Waals surface area contributed by atoms with Crippen molar-refractivity contribution in [3.63, 3.8) is 0 Å². The normalized spacial score (nSPS) is 16.5. The number of alkyl halides is 3. The number of rotatable bonds is 4. The van der Waals surface area contributed by atoms with Crippen LogP contribution in [0.15, 0.2) is 35.1 Å². The van der Waals surface area contributed by atoms with Gasteiger partial charge < -0.3 is 9.15 Å². The van der Waals surface area contributed by atoms with E-state index >= 15 is 0 Å². The van der Waals surface area contributed by atoms with E-state index in [1.165, 1.54) is 6.92 Å². The molecule has 6 nitrogen and oxygen atoms in total. The van der Waals surface area contributed by atoms with Crippen molar-refractivity contribution in [2.24, 2.45) is 0 Å². The number of hydrogen-bond donors (Lipinski definition) is 0. The first-order valence-electron chi connectivity index (χ1n) is 10.2. The summed E-state index contributed by atoms with van der Waals surface area (Å²) in [5.41, 5.74) is 0.463. The summed E-state index contributed by atoms with van der Waals surface area (Å²) in [7, 11) is 0. The number of esters is 1. The van der Waals surface area contributed by atoms with Gasteiger partial charge in [-0.25, -0.2) is 4.79 Å². The molecule has 1 spiro atoms. The second kappa shape index (κ2) is 6.96. The van der Waals surface area contributed by atoms with Crippen molar-refractivity contribution in [1.29, 1.82) is 0 Å². The number of pyridine rings is 1. The maximum atomic E-state index is 14.1. The van der Waals surface area contributed by atoms with Gasteiger partial charge in [0.25, 0.3) is 0 Å². The Bertz CT molecular complexity index is 1140. The van der Waals surface area contributed by atoms with Crippen LogP contribution in [0.4, 0.5) is 13.2 Å². The van der Waals surface area contributed by atoms with Crippen LogP contribution in [0.1, 0.15) is 59.2 Å². The lowest BCUT2D eigenvalue weighted by molar-refractivity contribution is -0.138. The first-order valence-corrected chi connectivity index (χ1v) is 10.2. The van der Waals surface area contributed by atoms with Gasteiger partial charge in [-0.05, 0) is 37.5 Å². The smallest absolute Gasteiger partial charge is 0.421 e. The SMILES string of the molecule is CCOC(=O)c1oc2c(c1C(F)(F)F)-c1nn(Cc3ccncc3)cc1C1(CCC1)C2. The van der Waals surface area contributed by atoms with E-state index in [4.69, 9.17) is 9.15 Å². The van der Waals surface area contributed by atoms with Crippen LogP contribution in [0.25, 0.3) is 11.3 Å². The zero-order chi connectivity index (χ0) is 21.8. The molecule has 162 valence electrons. The summed E-state index contributed by atoms with van der Waals surface area (Å²) >= 11 is 0. The maximum Gasteiger partial charge on any atom is 0.421 e. The van der Waals surface area contributed by atoms with E-state index in [1.54, 1.807) is 17.1 Å². The summed E-state index contributed by atoms with van der Waals surface area (Å²) < 4.78 is 54.3. The first-order chi connectivity index (χ1) is 14.8. The van der Waals surface area contributed by atoms with Crippen molar-refractivity contribution in [3.05, 3.63) is 58.9 Å². The fourth-order valence-electron chi connectivity index (χ4n) is 4.67. The van der Waals surface area contributed by atoms with Gasteiger partial charge in [-0.3, -0.25) is 9.67 Å². The molecule has 2 aliphatic rings. The summed E-state index contributed by atoms with van der Waals surface area (Å²) in [6.45, 7) is 1.90. The van der Waals surface area contributed by atoms with Gasteiger partial charge in [0.05, 0.1) is 18.7 Å². The average molecular weight is 431 g/mol. The Kier molecular flexibility index (Phi) is 4.46. The fraction of sp³-hybridized carbons (Fsp3) is 0.409. The summed E-state index contributed by atoms with van der Waals surface area (Å²) in [6.07, 6.45) is 3.38. The highest BCUT2D eigenvalue weighted by Gasteiger charge is 2.52. The van der Waals surface area contributed by atoms with E-state index in [0.717, 1.165) is 30.4 Å². The molecule has 1 saturated carbocycles. The van der Waals surface area contributed by atoms with Crippen molar-refractivity contribution in [3.8, 4) is 11.3 Å². The van der Waals surface area contributed by atoms with E-state index in [9.17, 15) is 18.0 Å². The number of halogens is 3. The number of fused-ring (bicyclic) bond motifs is 4. The minimum atomic E-state index is -4.78. The van der Waals surface area contributed by atoms with Gasteiger partial charge in [0.1, 0.15) is 17.0 Å². The zero-order valence-electron chi connectivity index (χ0n) is 16.8. The van der Waals surface area contributed by atoms with Gasteiger partial charge in [0.2, 0.25) is 5.76 Å². The number of ether oxygens (including phenoxy) is 1. The molecule has 9 heteroatoms. The first kappa shape index (κ1) is 19.8. The highest BCUT2D eigenvalue weighted by atomic mass is 19.4. The Morgan fingerprint density at radius 1 is 1.29 bits per heavy atom. The third-order valence-electron chi connectivity index (χ3n) is 6.20. The molecule has 0 bridgehead atoms. The predicted octanol–water partition coefficient (Wildman–Crippen LogP) is 4.76. The van der Waals surface area contributed by atoms with Crippen LogP contribution in [0.3, 0.4) is 0 Å². The molecular formula is C22H20F3N3O3. The van der Waals surface area contributed by atoms with E-state index in [1.807, 2.05) is 18.3 Å². The highest BCUT2D eigenvalue weighted by Crippen LogP contribution is 2.56. The molecule has 0 amide bonds. The Balaban J connectivity index is 1.68. The van der Waals surface area contributed by atoms with Gasteiger partial charge in [0.15, 0.2) is 0 Å². The van der Waals surface area contributed by atoms with Crippen molar-refractivity contribution < 1.29 is 27.1 Å². The number of hydrogen-bond acceptors (Lipinski definition) is 5. The zero-order valence-corrected chi connectivity index (χ0v) is 16.8. The molecule has 0 aliphatic heterocycles. The van der Waals surface area contributed by atoms with E-state index in [0.29, 0.717) is 13.0 Å². The van der Waals surface area contributed by atoms with Crippen LogP contribution < -0.4 is 0 Å². The van der Waals surface area contributed by atoms with Gasteiger partial charge in [-0.15, -0.1) is 0 Å². The minimum absolute atomic E-state index is 0.0444. The number of nitrogens with zero attached hydrogens (tertiary/aromatic N) is 3.